The number of hydrogen-bond donors (Lipinski definition) is 2. The SMILES string of the molecule is C=C(O)C(C)O.CC1CCC(C(C)C)C(C)C1. The van der Waals surface area contributed by atoms with E-state index in [4.69, 9.17) is 10.2 Å². The molecule has 2 heteroatoms. The Hall–Kier alpha value is -0.500. The Labute approximate surface area is 107 Å². The Morgan fingerprint density at radius 1 is 1.18 bits per heavy atom. The molecule has 0 bridgehead atoms. The van der Waals surface area contributed by atoms with Crippen LogP contribution in [0.3, 0.4) is 0 Å². The highest BCUT2D eigenvalue weighted by molar-refractivity contribution is 4.84. The first kappa shape index (κ1) is 16.5. The third-order valence-corrected chi connectivity index (χ3v) is 3.84. The van der Waals surface area contributed by atoms with Crippen molar-refractivity contribution in [2.75, 3.05) is 0 Å². The van der Waals surface area contributed by atoms with Gasteiger partial charge in [0, 0.05) is 0 Å². The van der Waals surface area contributed by atoms with Gasteiger partial charge in [-0.15, -0.1) is 0 Å². The standard InChI is InChI=1S/C11H22.C4H8O2/c1-8(2)11-6-5-9(3)7-10(11)4;1-3(5)4(2)6/h8-11H,5-7H2,1-4H3;4-6H,1H2,2H3. The largest absolute Gasteiger partial charge is 0.510 e. The van der Waals surface area contributed by atoms with Gasteiger partial charge in [0.25, 0.3) is 0 Å². The van der Waals surface area contributed by atoms with E-state index in [9.17, 15) is 0 Å². The van der Waals surface area contributed by atoms with Gasteiger partial charge in [-0.25, -0.2) is 0 Å². The molecule has 2 N–H and O–H groups in total. The maximum absolute atomic E-state index is 8.28. The molecule has 0 radical (unpaired) electrons. The number of aliphatic hydroxyl groups is 2. The minimum atomic E-state index is -0.787. The van der Waals surface area contributed by atoms with Crippen LogP contribution in [0.15, 0.2) is 12.3 Å². The van der Waals surface area contributed by atoms with Crippen LogP contribution in [0.25, 0.3) is 0 Å². The molecule has 0 amide bonds. The molecular weight excluding hydrogens is 212 g/mol. The summed E-state index contributed by atoms with van der Waals surface area (Å²) >= 11 is 0. The lowest BCUT2D eigenvalue weighted by Crippen LogP contribution is -2.25. The molecule has 4 atom stereocenters. The number of hydrogen-bond acceptors (Lipinski definition) is 2. The van der Waals surface area contributed by atoms with Gasteiger partial charge < -0.3 is 10.2 Å². The lowest BCUT2D eigenvalue weighted by molar-refractivity contribution is 0.158. The van der Waals surface area contributed by atoms with Crippen molar-refractivity contribution in [1.82, 2.24) is 0 Å². The van der Waals surface area contributed by atoms with Crippen molar-refractivity contribution in [3.63, 3.8) is 0 Å². The predicted octanol–water partition coefficient (Wildman–Crippen LogP) is 4.15. The van der Waals surface area contributed by atoms with E-state index in [-0.39, 0.29) is 5.76 Å². The first-order chi connectivity index (χ1) is 7.75. The van der Waals surface area contributed by atoms with E-state index >= 15 is 0 Å². The first-order valence-corrected chi connectivity index (χ1v) is 6.81. The molecule has 0 saturated heterocycles. The molecule has 0 aromatic rings. The average molecular weight is 242 g/mol. The van der Waals surface area contributed by atoms with Gasteiger partial charge in [-0.1, -0.05) is 40.7 Å². The Balaban J connectivity index is 0.000000366. The highest BCUT2D eigenvalue weighted by Gasteiger charge is 2.26. The van der Waals surface area contributed by atoms with Gasteiger partial charge in [-0.2, -0.15) is 0 Å². The van der Waals surface area contributed by atoms with Gasteiger partial charge >= 0.3 is 0 Å². The summed E-state index contributed by atoms with van der Waals surface area (Å²) in [6.45, 7) is 14.1. The fraction of sp³-hybridized carbons (Fsp3) is 0.867. The Kier molecular flexibility index (Phi) is 7.53. The predicted molar refractivity (Wildman–Crippen MR) is 74.0 cm³/mol. The number of rotatable bonds is 2. The van der Waals surface area contributed by atoms with E-state index < -0.39 is 6.10 Å². The lowest BCUT2D eigenvalue weighted by atomic mass is 9.71. The van der Waals surface area contributed by atoms with Crippen molar-refractivity contribution in [3.8, 4) is 0 Å². The molecular formula is C15H30O2. The summed E-state index contributed by atoms with van der Waals surface area (Å²) < 4.78 is 0. The van der Waals surface area contributed by atoms with E-state index in [1.807, 2.05) is 0 Å². The van der Waals surface area contributed by atoms with Gasteiger partial charge in [-0.3, -0.25) is 0 Å². The molecule has 0 aliphatic heterocycles. The minimum Gasteiger partial charge on any atom is -0.510 e. The molecule has 1 rings (SSSR count). The van der Waals surface area contributed by atoms with Crippen LogP contribution >= 0.6 is 0 Å². The van der Waals surface area contributed by atoms with Crippen molar-refractivity contribution in [3.05, 3.63) is 12.3 Å². The average Bonchev–Trinajstić information content (AvgIpc) is 2.17. The molecule has 0 aromatic heterocycles. The first-order valence-electron chi connectivity index (χ1n) is 6.81. The zero-order chi connectivity index (χ0) is 13.6. The second-order valence-corrected chi connectivity index (χ2v) is 5.97. The van der Waals surface area contributed by atoms with E-state index in [1.54, 1.807) is 0 Å². The molecule has 0 heterocycles. The summed E-state index contributed by atoms with van der Waals surface area (Å²) in [7, 11) is 0. The van der Waals surface area contributed by atoms with Crippen molar-refractivity contribution < 1.29 is 10.2 Å². The fourth-order valence-electron chi connectivity index (χ4n) is 2.68. The fourth-order valence-corrected chi connectivity index (χ4v) is 2.68. The number of aliphatic hydroxyl groups excluding tert-OH is 2. The molecule has 1 saturated carbocycles. The van der Waals surface area contributed by atoms with Crippen LogP contribution in [0.5, 0.6) is 0 Å². The summed E-state index contributed by atoms with van der Waals surface area (Å²) in [5.41, 5.74) is 0. The molecule has 17 heavy (non-hydrogen) atoms. The van der Waals surface area contributed by atoms with Gasteiger partial charge in [-0.05, 0) is 43.4 Å². The molecule has 0 spiro atoms. The van der Waals surface area contributed by atoms with Crippen molar-refractivity contribution >= 4 is 0 Å². The van der Waals surface area contributed by atoms with Crippen LogP contribution in [0.4, 0.5) is 0 Å². The summed E-state index contributed by atoms with van der Waals surface area (Å²) in [6.07, 6.45) is 3.61. The third kappa shape index (κ3) is 6.72. The highest BCUT2D eigenvalue weighted by Crippen LogP contribution is 2.37. The van der Waals surface area contributed by atoms with Crippen LogP contribution in [0.2, 0.25) is 0 Å². The molecule has 1 aliphatic rings. The summed E-state index contributed by atoms with van der Waals surface area (Å²) in [5, 5.41) is 16.5. The Bertz CT molecular complexity index is 221. The highest BCUT2D eigenvalue weighted by atomic mass is 16.3. The summed E-state index contributed by atoms with van der Waals surface area (Å²) in [4.78, 5) is 0. The monoisotopic (exact) mass is 242 g/mol. The zero-order valence-corrected chi connectivity index (χ0v) is 12.1. The lowest BCUT2D eigenvalue weighted by Gasteiger charge is -2.35. The summed E-state index contributed by atoms with van der Waals surface area (Å²) in [6, 6.07) is 0. The maximum atomic E-state index is 8.28. The van der Waals surface area contributed by atoms with Crippen LogP contribution in [0.1, 0.15) is 53.9 Å². The van der Waals surface area contributed by atoms with E-state index in [1.165, 1.54) is 26.2 Å². The van der Waals surface area contributed by atoms with Crippen LogP contribution < -0.4 is 0 Å². The van der Waals surface area contributed by atoms with Crippen molar-refractivity contribution in [2.45, 2.75) is 60.0 Å². The molecule has 1 fully saturated rings. The zero-order valence-electron chi connectivity index (χ0n) is 12.1. The molecule has 102 valence electrons. The Morgan fingerprint density at radius 3 is 1.94 bits per heavy atom. The minimum absolute atomic E-state index is 0.185. The van der Waals surface area contributed by atoms with Crippen molar-refractivity contribution in [2.24, 2.45) is 23.7 Å². The second-order valence-electron chi connectivity index (χ2n) is 5.97. The van der Waals surface area contributed by atoms with Gasteiger partial charge in [0.05, 0.1) is 0 Å². The quantitative estimate of drug-likeness (QED) is 0.714. The third-order valence-electron chi connectivity index (χ3n) is 3.84. The van der Waals surface area contributed by atoms with Crippen LogP contribution in [0, 0.1) is 23.7 Å². The topological polar surface area (TPSA) is 40.5 Å². The van der Waals surface area contributed by atoms with Crippen molar-refractivity contribution in [1.29, 1.82) is 0 Å². The maximum Gasteiger partial charge on any atom is 0.113 e. The van der Waals surface area contributed by atoms with Gasteiger partial charge in [0.1, 0.15) is 11.9 Å². The van der Waals surface area contributed by atoms with Crippen LogP contribution in [-0.4, -0.2) is 16.3 Å². The van der Waals surface area contributed by atoms with E-state index in [0.717, 1.165) is 23.7 Å². The van der Waals surface area contributed by atoms with Gasteiger partial charge in [0.2, 0.25) is 0 Å². The Morgan fingerprint density at radius 2 is 1.65 bits per heavy atom. The summed E-state index contributed by atoms with van der Waals surface area (Å²) in [5.74, 6) is 3.68. The molecule has 1 aliphatic carbocycles. The molecule has 0 aromatic carbocycles. The smallest absolute Gasteiger partial charge is 0.113 e. The second kappa shape index (κ2) is 7.75. The van der Waals surface area contributed by atoms with Crippen LogP contribution in [-0.2, 0) is 0 Å². The van der Waals surface area contributed by atoms with E-state index in [2.05, 4.69) is 34.3 Å². The van der Waals surface area contributed by atoms with E-state index in [0.29, 0.717) is 0 Å². The normalized spacial score (nSPS) is 30.4. The molecule has 4 unspecified atom stereocenters. The molecule has 2 nitrogen and oxygen atoms in total. The van der Waals surface area contributed by atoms with Gasteiger partial charge in [0.15, 0.2) is 0 Å².